The van der Waals surface area contributed by atoms with Crippen molar-refractivity contribution in [3.8, 4) is 11.4 Å². The summed E-state index contributed by atoms with van der Waals surface area (Å²) in [7, 11) is 3.09. The van der Waals surface area contributed by atoms with E-state index in [-0.39, 0.29) is 6.61 Å². The van der Waals surface area contributed by atoms with Crippen LogP contribution in [0.15, 0.2) is 20.3 Å². The molecule has 0 radical (unpaired) electrons. The van der Waals surface area contributed by atoms with Gasteiger partial charge in [-0.1, -0.05) is 11.6 Å². The minimum atomic E-state index is -0.697. The van der Waals surface area contributed by atoms with E-state index in [0.717, 1.165) is 9.57 Å². The van der Waals surface area contributed by atoms with Gasteiger partial charge in [0.25, 0.3) is 5.56 Å². The molecule has 0 spiro atoms. The lowest BCUT2D eigenvalue weighted by atomic mass is 10.1. The van der Waals surface area contributed by atoms with Gasteiger partial charge in [0.05, 0.1) is 52.2 Å². The topological polar surface area (TPSA) is 104 Å². The smallest absolute Gasteiger partial charge is 0.331 e. The van der Waals surface area contributed by atoms with Crippen molar-refractivity contribution in [3.63, 3.8) is 0 Å². The normalized spacial score (nSPS) is 18.6. The first kappa shape index (κ1) is 20.6. The molecule has 0 bridgehead atoms. The lowest BCUT2D eigenvalue weighted by Crippen LogP contribution is -2.37. The van der Waals surface area contributed by atoms with Crippen LogP contribution < -0.4 is 11.2 Å². The molecule has 31 heavy (non-hydrogen) atoms. The van der Waals surface area contributed by atoms with E-state index in [2.05, 4.69) is 9.97 Å². The van der Waals surface area contributed by atoms with Crippen molar-refractivity contribution in [1.29, 1.82) is 0 Å². The molecule has 1 aliphatic heterocycles. The Labute approximate surface area is 188 Å². The minimum absolute atomic E-state index is 0.212. The van der Waals surface area contributed by atoms with E-state index in [0.29, 0.717) is 44.7 Å². The molecule has 0 fully saturated rings. The number of thiazole rings is 2. The number of hydrogen-bond acceptors (Lipinski definition) is 8. The standard InChI is InChI=1S/C19H18ClN5O4S2/c1-8-21-10(6-30-8)13-12-14(23(2)19(28)24(3)18(12)27)15-16(17-22-11(20)7-31-17)29-9(5-26)4-25(13)15/h6-7,9,16,26H,4-5H2,1-3H3/t9-,16-/m0/s1. The highest BCUT2D eigenvalue weighted by Crippen LogP contribution is 2.42. The van der Waals surface area contributed by atoms with E-state index in [4.69, 9.17) is 16.3 Å². The quantitative estimate of drug-likeness (QED) is 0.482. The molecule has 0 saturated carbocycles. The Kier molecular flexibility index (Phi) is 4.90. The molecule has 12 heteroatoms. The van der Waals surface area contributed by atoms with Crippen LogP contribution in [0, 0.1) is 6.92 Å². The van der Waals surface area contributed by atoms with Gasteiger partial charge < -0.3 is 14.4 Å². The van der Waals surface area contributed by atoms with Crippen molar-refractivity contribution in [2.45, 2.75) is 25.7 Å². The summed E-state index contributed by atoms with van der Waals surface area (Å²) in [5, 5.41) is 15.7. The predicted octanol–water partition coefficient (Wildman–Crippen LogP) is 2.06. The molecule has 0 aromatic carbocycles. The summed E-state index contributed by atoms with van der Waals surface area (Å²) in [4.78, 5) is 35.1. The maximum Gasteiger partial charge on any atom is 0.331 e. The molecule has 5 rings (SSSR count). The van der Waals surface area contributed by atoms with Crippen molar-refractivity contribution in [2.24, 2.45) is 14.1 Å². The lowest BCUT2D eigenvalue weighted by Gasteiger charge is -2.31. The van der Waals surface area contributed by atoms with Gasteiger partial charge in [0.1, 0.15) is 10.2 Å². The van der Waals surface area contributed by atoms with Crippen LogP contribution in [-0.4, -0.2) is 41.5 Å². The zero-order chi connectivity index (χ0) is 22.0. The Balaban J connectivity index is 1.96. The third kappa shape index (κ3) is 3.03. The van der Waals surface area contributed by atoms with Crippen LogP contribution in [0.2, 0.25) is 5.15 Å². The number of aryl methyl sites for hydroxylation is 2. The Bertz CT molecular complexity index is 1450. The SMILES string of the molecule is Cc1nc(-c2c3c(=O)n(C)c(=O)n(C)c3c3n2C[C@@H](CO)O[C@@H]3c2nc(Cl)cs2)cs1. The van der Waals surface area contributed by atoms with Crippen LogP contribution in [0.1, 0.15) is 21.8 Å². The second-order valence-electron chi connectivity index (χ2n) is 7.35. The summed E-state index contributed by atoms with van der Waals surface area (Å²) in [6.45, 7) is 1.99. The molecule has 0 saturated heterocycles. The van der Waals surface area contributed by atoms with E-state index in [9.17, 15) is 14.7 Å². The van der Waals surface area contributed by atoms with Gasteiger partial charge in [-0.25, -0.2) is 14.8 Å². The van der Waals surface area contributed by atoms with Crippen molar-refractivity contribution in [2.75, 3.05) is 6.61 Å². The van der Waals surface area contributed by atoms with Crippen LogP contribution in [0.3, 0.4) is 0 Å². The van der Waals surface area contributed by atoms with Crippen molar-refractivity contribution >= 4 is 45.2 Å². The first-order chi connectivity index (χ1) is 14.8. The molecule has 4 aromatic heterocycles. The number of hydrogen-bond donors (Lipinski definition) is 1. The Morgan fingerprint density at radius 1 is 1.23 bits per heavy atom. The van der Waals surface area contributed by atoms with Crippen LogP contribution in [0.25, 0.3) is 22.3 Å². The van der Waals surface area contributed by atoms with E-state index in [1.807, 2.05) is 16.9 Å². The highest BCUT2D eigenvalue weighted by atomic mass is 35.5. The van der Waals surface area contributed by atoms with Crippen LogP contribution in [0.5, 0.6) is 0 Å². The molecule has 1 N–H and O–H groups in total. The van der Waals surface area contributed by atoms with Gasteiger partial charge in [-0.05, 0) is 6.92 Å². The zero-order valence-electron chi connectivity index (χ0n) is 16.8. The molecule has 162 valence electrons. The Morgan fingerprint density at radius 2 is 2.00 bits per heavy atom. The molecule has 5 heterocycles. The largest absolute Gasteiger partial charge is 0.394 e. The average Bonchev–Trinajstić information content (AvgIpc) is 3.46. The first-order valence-corrected chi connectivity index (χ1v) is 11.6. The van der Waals surface area contributed by atoms with Crippen LogP contribution in [0.4, 0.5) is 0 Å². The number of aliphatic hydroxyl groups is 1. The van der Waals surface area contributed by atoms with Gasteiger partial charge in [-0.2, -0.15) is 0 Å². The second kappa shape index (κ2) is 7.38. The average molecular weight is 480 g/mol. The highest BCUT2D eigenvalue weighted by Gasteiger charge is 2.38. The summed E-state index contributed by atoms with van der Waals surface area (Å²) in [5.74, 6) is 0. The summed E-state index contributed by atoms with van der Waals surface area (Å²) >= 11 is 8.87. The number of rotatable bonds is 3. The monoisotopic (exact) mass is 479 g/mol. The summed E-state index contributed by atoms with van der Waals surface area (Å²) in [5.41, 5.74) is 1.51. The van der Waals surface area contributed by atoms with Gasteiger partial charge in [0.2, 0.25) is 0 Å². The minimum Gasteiger partial charge on any atom is -0.394 e. The molecule has 2 atom stereocenters. The van der Waals surface area contributed by atoms with Gasteiger partial charge in [-0.3, -0.25) is 13.9 Å². The second-order valence-corrected chi connectivity index (χ2v) is 9.69. The summed E-state index contributed by atoms with van der Waals surface area (Å²) in [6.07, 6.45) is -1.22. The highest BCUT2D eigenvalue weighted by molar-refractivity contribution is 7.10. The third-order valence-electron chi connectivity index (χ3n) is 5.45. The van der Waals surface area contributed by atoms with E-state index >= 15 is 0 Å². The predicted molar refractivity (Wildman–Crippen MR) is 119 cm³/mol. The molecular weight excluding hydrogens is 462 g/mol. The van der Waals surface area contributed by atoms with Crippen LogP contribution >= 0.6 is 34.3 Å². The van der Waals surface area contributed by atoms with Crippen LogP contribution in [-0.2, 0) is 25.4 Å². The summed E-state index contributed by atoms with van der Waals surface area (Å²) < 4.78 is 10.6. The molecule has 0 aliphatic carbocycles. The van der Waals surface area contributed by atoms with Crippen molar-refractivity contribution in [1.82, 2.24) is 23.7 Å². The number of nitrogens with zero attached hydrogens (tertiary/aromatic N) is 5. The molecule has 1 aliphatic rings. The van der Waals surface area contributed by atoms with E-state index in [1.165, 1.54) is 34.3 Å². The molecule has 0 amide bonds. The van der Waals surface area contributed by atoms with Crippen molar-refractivity contribution < 1.29 is 9.84 Å². The lowest BCUT2D eigenvalue weighted by molar-refractivity contribution is -0.0517. The fourth-order valence-electron chi connectivity index (χ4n) is 4.10. The molecule has 0 unspecified atom stereocenters. The van der Waals surface area contributed by atoms with E-state index < -0.39 is 23.5 Å². The van der Waals surface area contributed by atoms with Gasteiger partial charge in [0.15, 0.2) is 6.10 Å². The fraction of sp³-hybridized carbons (Fsp3) is 0.368. The summed E-state index contributed by atoms with van der Waals surface area (Å²) in [6, 6.07) is 0. The van der Waals surface area contributed by atoms with Gasteiger partial charge in [0, 0.05) is 24.9 Å². The maximum atomic E-state index is 13.3. The number of ether oxygens (including phenoxy) is 1. The number of aromatic nitrogens is 5. The Morgan fingerprint density at radius 3 is 2.61 bits per heavy atom. The molecule has 4 aromatic rings. The fourth-order valence-corrected chi connectivity index (χ4v) is 5.69. The number of fused-ring (bicyclic) bond motifs is 3. The Hall–Kier alpha value is -2.31. The van der Waals surface area contributed by atoms with Crippen molar-refractivity contribution in [3.05, 3.63) is 52.5 Å². The number of halogens is 1. The van der Waals surface area contributed by atoms with Gasteiger partial charge >= 0.3 is 5.69 Å². The third-order valence-corrected chi connectivity index (χ3v) is 7.44. The zero-order valence-corrected chi connectivity index (χ0v) is 19.2. The maximum absolute atomic E-state index is 13.3. The molecular formula is C19H18ClN5O4S2. The first-order valence-electron chi connectivity index (χ1n) is 9.43. The molecule has 9 nitrogen and oxygen atoms in total. The number of aliphatic hydroxyl groups excluding tert-OH is 1. The van der Waals surface area contributed by atoms with Gasteiger partial charge in [-0.15, -0.1) is 22.7 Å². The van der Waals surface area contributed by atoms with E-state index in [1.54, 1.807) is 12.4 Å².